The predicted octanol–water partition coefficient (Wildman–Crippen LogP) is 4.32. The topological polar surface area (TPSA) is 33.3 Å². The Labute approximate surface area is 155 Å². The zero-order valence-corrected chi connectivity index (χ0v) is 15.8. The summed E-state index contributed by atoms with van der Waals surface area (Å²) in [6.07, 6.45) is 2.50. The SMILES string of the molecule is CCOc1c(Cl)cc(CNCC2CCNCC2)cc1Cl.Cl.Cl. The van der Waals surface area contributed by atoms with Gasteiger partial charge in [-0.2, -0.15) is 0 Å². The summed E-state index contributed by atoms with van der Waals surface area (Å²) in [6.45, 7) is 6.58. The Balaban J connectivity index is 0.00000220. The minimum atomic E-state index is 0. The van der Waals surface area contributed by atoms with Crippen LogP contribution in [-0.2, 0) is 6.54 Å². The van der Waals surface area contributed by atoms with Crippen molar-refractivity contribution in [3.8, 4) is 5.75 Å². The highest BCUT2D eigenvalue weighted by Crippen LogP contribution is 2.34. The molecule has 3 nitrogen and oxygen atoms in total. The Morgan fingerprint density at radius 3 is 2.32 bits per heavy atom. The van der Waals surface area contributed by atoms with Gasteiger partial charge in [-0.1, -0.05) is 23.2 Å². The second kappa shape index (κ2) is 11.6. The first kappa shape index (κ1) is 22.1. The van der Waals surface area contributed by atoms with E-state index in [1.165, 1.54) is 12.8 Å². The maximum absolute atomic E-state index is 6.20. The molecule has 0 radical (unpaired) electrons. The van der Waals surface area contributed by atoms with E-state index in [2.05, 4.69) is 10.6 Å². The fraction of sp³-hybridized carbons (Fsp3) is 0.600. The van der Waals surface area contributed by atoms with Gasteiger partial charge in [-0.25, -0.2) is 0 Å². The smallest absolute Gasteiger partial charge is 0.156 e. The predicted molar refractivity (Wildman–Crippen MR) is 99.4 cm³/mol. The average Bonchev–Trinajstić information content (AvgIpc) is 2.44. The Bertz CT molecular complexity index is 417. The summed E-state index contributed by atoms with van der Waals surface area (Å²) in [4.78, 5) is 0. The van der Waals surface area contributed by atoms with E-state index >= 15 is 0 Å². The van der Waals surface area contributed by atoms with Gasteiger partial charge in [0.15, 0.2) is 5.75 Å². The third-order valence-electron chi connectivity index (χ3n) is 3.57. The van der Waals surface area contributed by atoms with Crippen LogP contribution in [0.1, 0.15) is 25.3 Å². The molecule has 1 aromatic rings. The van der Waals surface area contributed by atoms with E-state index < -0.39 is 0 Å². The van der Waals surface area contributed by atoms with Gasteiger partial charge in [0.1, 0.15) is 0 Å². The monoisotopic (exact) mass is 388 g/mol. The fourth-order valence-electron chi connectivity index (χ4n) is 2.50. The highest BCUT2D eigenvalue weighted by molar-refractivity contribution is 6.37. The zero-order chi connectivity index (χ0) is 14.4. The maximum Gasteiger partial charge on any atom is 0.156 e. The molecule has 1 aliphatic rings. The molecule has 1 aromatic carbocycles. The van der Waals surface area contributed by atoms with E-state index in [4.69, 9.17) is 27.9 Å². The van der Waals surface area contributed by atoms with Crippen LogP contribution in [0.2, 0.25) is 10.0 Å². The summed E-state index contributed by atoms with van der Waals surface area (Å²) in [5, 5.41) is 8.03. The molecular weight excluding hydrogens is 366 g/mol. The van der Waals surface area contributed by atoms with E-state index in [-0.39, 0.29) is 24.8 Å². The maximum atomic E-state index is 6.20. The van der Waals surface area contributed by atoms with Crippen molar-refractivity contribution in [3.05, 3.63) is 27.7 Å². The molecular formula is C15H24Cl4N2O. The number of benzene rings is 1. The molecule has 0 bridgehead atoms. The largest absolute Gasteiger partial charge is 0.491 e. The average molecular weight is 390 g/mol. The highest BCUT2D eigenvalue weighted by Gasteiger charge is 2.13. The fourth-order valence-corrected chi connectivity index (χ4v) is 3.14. The van der Waals surface area contributed by atoms with Crippen LogP contribution in [0.15, 0.2) is 12.1 Å². The lowest BCUT2D eigenvalue weighted by atomic mass is 9.98. The molecule has 2 rings (SSSR count). The highest BCUT2D eigenvalue weighted by atomic mass is 35.5. The lowest BCUT2D eigenvalue weighted by Crippen LogP contribution is -2.33. The van der Waals surface area contributed by atoms with Crippen LogP contribution in [0.25, 0.3) is 0 Å². The number of piperidine rings is 1. The minimum absolute atomic E-state index is 0. The minimum Gasteiger partial charge on any atom is -0.491 e. The Morgan fingerprint density at radius 2 is 1.77 bits per heavy atom. The Kier molecular flexibility index (Phi) is 11.7. The first-order valence-corrected chi connectivity index (χ1v) is 7.98. The Hall–Kier alpha value is 0.1000. The molecule has 128 valence electrons. The zero-order valence-electron chi connectivity index (χ0n) is 12.7. The normalized spacial score (nSPS) is 14.9. The van der Waals surface area contributed by atoms with Crippen LogP contribution < -0.4 is 15.4 Å². The van der Waals surface area contributed by atoms with E-state index in [0.29, 0.717) is 22.4 Å². The van der Waals surface area contributed by atoms with Crippen molar-refractivity contribution in [1.82, 2.24) is 10.6 Å². The van der Waals surface area contributed by atoms with Crippen LogP contribution in [0, 0.1) is 5.92 Å². The van der Waals surface area contributed by atoms with E-state index in [9.17, 15) is 0 Å². The van der Waals surface area contributed by atoms with Gasteiger partial charge in [0, 0.05) is 6.54 Å². The number of hydrogen-bond donors (Lipinski definition) is 2. The number of ether oxygens (including phenoxy) is 1. The van der Waals surface area contributed by atoms with Crippen molar-refractivity contribution in [3.63, 3.8) is 0 Å². The molecule has 2 N–H and O–H groups in total. The second-order valence-electron chi connectivity index (χ2n) is 5.15. The summed E-state index contributed by atoms with van der Waals surface area (Å²) in [6, 6.07) is 3.85. The lowest BCUT2D eigenvalue weighted by Gasteiger charge is -2.22. The molecule has 1 saturated heterocycles. The lowest BCUT2D eigenvalue weighted by molar-refractivity contribution is 0.340. The standard InChI is InChI=1S/C15H22Cl2N2O.2ClH/c1-2-20-15-13(16)7-12(8-14(15)17)10-19-9-11-3-5-18-6-4-11;;/h7-8,11,18-19H,2-6,9-10H2,1H3;2*1H. The van der Waals surface area contributed by atoms with Crippen molar-refractivity contribution in [2.24, 2.45) is 5.92 Å². The third kappa shape index (κ3) is 6.69. The summed E-state index contributed by atoms with van der Waals surface area (Å²) >= 11 is 12.4. The number of halogens is 4. The Morgan fingerprint density at radius 1 is 1.18 bits per heavy atom. The van der Waals surface area contributed by atoms with Crippen LogP contribution >= 0.6 is 48.0 Å². The summed E-state index contributed by atoms with van der Waals surface area (Å²) in [7, 11) is 0. The molecule has 0 unspecified atom stereocenters. The van der Waals surface area contributed by atoms with Crippen molar-refractivity contribution < 1.29 is 4.74 Å². The molecule has 0 saturated carbocycles. The number of rotatable bonds is 6. The molecule has 1 heterocycles. The van der Waals surface area contributed by atoms with E-state index in [1.807, 2.05) is 19.1 Å². The van der Waals surface area contributed by atoms with Gasteiger partial charge in [0.2, 0.25) is 0 Å². The quantitative estimate of drug-likeness (QED) is 0.759. The second-order valence-corrected chi connectivity index (χ2v) is 5.96. The molecule has 22 heavy (non-hydrogen) atoms. The van der Waals surface area contributed by atoms with Crippen LogP contribution in [-0.4, -0.2) is 26.2 Å². The van der Waals surface area contributed by atoms with Crippen LogP contribution in [0.5, 0.6) is 5.75 Å². The number of nitrogens with one attached hydrogen (secondary N) is 2. The van der Waals surface area contributed by atoms with E-state index in [1.54, 1.807) is 0 Å². The van der Waals surface area contributed by atoms with Gasteiger partial charge in [-0.3, -0.25) is 0 Å². The van der Waals surface area contributed by atoms with Crippen molar-refractivity contribution >= 4 is 48.0 Å². The summed E-state index contributed by atoms with van der Waals surface area (Å²) < 4.78 is 5.43. The van der Waals surface area contributed by atoms with Gasteiger partial charge in [0.25, 0.3) is 0 Å². The summed E-state index contributed by atoms with van der Waals surface area (Å²) in [5.41, 5.74) is 1.09. The molecule has 0 aromatic heterocycles. The molecule has 0 amide bonds. The van der Waals surface area contributed by atoms with Crippen LogP contribution in [0.4, 0.5) is 0 Å². The van der Waals surface area contributed by atoms with E-state index in [0.717, 1.165) is 37.7 Å². The first-order chi connectivity index (χ1) is 9.70. The van der Waals surface area contributed by atoms with Gasteiger partial charge in [-0.05, 0) is 63.0 Å². The molecule has 7 heteroatoms. The van der Waals surface area contributed by atoms with Crippen LogP contribution in [0.3, 0.4) is 0 Å². The number of hydrogen-bond acceptors (Lipinski definition) is 3. The summed E-state index contributed by atoms with van der Waals surface area (Å²) in [5.74, 6) is 1.35. The molecule has 0 spiro atoms. The molecule has 1 aliphatic heterocycles. The third-order valence-corrected chi connectivity index (χ3v) is 4.13. The van der Waals surface area contributed by atoms with Gasteiger partial charge < -0.3 is 15.4 Å². The van der Waals surface area contributed by atoms with Gasteiger partial charge >= 0.3 is 0 Å². The molecule has 1 fully saturated rings. The van der Waals surface area contributed by atoms with Gasteiger partial charge in [0.05, 0.1) is 16.7 Å². The first-order valence-electron chi connectivity index (χ1n) is 7.23. The van der Waals surface area contributed by atoms with Crippen molar-refractivity contribution in [2.75, 3.05) is 26.2 Å². The molecule has 0 aliphatic carbocycles. The van der Waals surface area contributed by atoms with Gasteiger partial charge in [-0.15, -0.1) is 24.8 Å². The van der Waals surface area contributed by atoms with Crippen molar-refractivity contribution in [1.29, 1.82) is 0 Å². The van der Waals surface area contributed by atoms with Crippen molar-refractivity contribution in [2.45, 2.75) is 26.3 Å². The molecule has 0 atom stereocenters.